The molecule has 0 N–H and O–H groups in total. The van der Waals surface area contributed by atoms with E-state index < -0.39 is 0 Å². The molecule has 0 aliphatic carbocycles. The zero-order valence-electron chi connectivity index (χ0n) is 17.3. The van der Waals surface area contributed by atoms with E-state index in [1.54, 1.807) is 7.11 Å². The summed E-state index contributed by atoms with van der Waals surface area (Å²) in [6.07, 6.45) is -0.312. The number of hydrogen-bond acceptors (Lipinski definition) is 5. The van der Waals surface area contributed by atoms with Crippen LogP contribution in [0.25, 0.3) is 0 Å². The third-order valence-corrected chi connectivity index (χ3v) is 5.04. The second kappa shape index (κ2) is 9.80. The maximum atomic E-state index is 6.47. The molecule has 1 saturated heterocycles. The second-order valence-corrected chi connectivity index (χ2v) is 7.19. The molecule has 1 heterocycles. The highest BCUT2D eigenvalue weighted by Gasteiger charge is 2.32. The molecule has 0 radical (unpaired) electrons. The molecule has 2 unspecified atom stereocenters. The van der Waals surface area contributed by atoms with Gasteiger partial charge in [-0.2, -0.15) is 0 Å². The van der Waals surface area contributed by atoms with Gasteiger partial charge >= 0.3 is 0 Å². The van der Waals surface area contributed by atoms with E-state index in [1.807, 2.05) is 43.3 Å². The molecule has 1 aliphatic heterocycles. The monoisotopic (exact) mass is 385 g/mol. The van der Waals surface area contributed by atoms with Crippen LogP contribution in [-0.4, -0.2) is 50.5 Å². The zero-order chi connectivity index (χ0) is 19.9. The summed E-state index contributed by atoms with van der Waals surface area (Å²) in [6.45, 7) is 9.54. The Morgan fingerprint density at radius 3 is 2.43 bits per heavy atom. The number of benzene rings is 2. The Kier molecular flexibility index (Phi) is 7.18. The van der Waals surface area contributed by atoms with Crippen LogP contribution in [0.1, 0.15) is 32.4 Å². The number of para-hydroxylation sites is 2. The summed E-state index contributed by atoms with van der Waals surface area (Å²) in [5, 5.41) is 0. The van der Waals surface area contributed by atoms with E-state index >= 15 is 0 Å². The van der Waals surface area contributed by atoms with Gasteiger partial charge in [0.2, 0.25) is 0 Å². The third-order valence-electron chi connectivity index (χ3n) is 5.04. The fraction of sp³-hybridized carbons (Fsp3) is 0.478. The van der Waals surface area contributed by atoms with Gasteiger partial charge in [0.15, 0.2) is 17.6 Å². The van der Waals surface area contributed by atoms with Crippen LogP contribution in [0.5, 0.6) is 17.2 Å². The summed E-state index contributed by atoms with van der Waals surface area (Å²) < 4.78 is 23.7. The van der Waals surface area contributed by atoms with E-state index in [4.69, 9.17) is 18.9 Å². The van der Waals surface area contributed by atoms with Gasteiger partial charge in [-0.05, 0) is 50.6 Å². The Balaban J connectivity index is 1.89. The summed E-state index contributed by atoms with van der Waals surface area (Å²) in [4.78, 5) is 2.43. The van der Waals surface area contributed by atoms with Crippen LogP contribution in [0.15, 0.2) is 48.5 Å². The quantitative estimate of drug-likeness (QED) is 0.677. The summed E-state index contributed by atoms with van der Waals surface area (Å²) in [7, 11) is 1.66. The minimum Gasteiger partial charge on any atom is -0.494 e. The predicted octanol–water partition coefficient (Wildman–Crippen LogP) is 4.32. The molecule has 0 bridgehead atoms. The maximum Gasteiger partial charge on any atom is 0.162 e. The van der Waals surface area contributed by atoms with E-state index in [2.05, 4.69) is 30.9 Å². The van der Waals surface area contributed by atoms with Gasteiger partial charge in [-0.1, -0.05) is 24.3 Å². The van der Waals surface area contributed by atoms with Crippen molar-refractivity contribution in [3.8, 4) is 17.2 Å². The first kappa shape index (κ1) is 20.5. The molecule has 0 aromatic heterocycles. The first-order valence-corrected chi connectivity index (χ1v) is 10.0. The van der Waals surface area contributed by atoms with Crippen LogP contribution >= 0.6 is 0 Å². The standard InChI is InChI=1S/C23H31NO4/c1-5-26-19-12-10-18(11-13-19)23(22-16-24(17(2)3)14-15-27-22)28-21-9-7-6-8-20(21)25-4/h6-13,17,22-23H,5,14-16H2,1-4H3. The number of morpholine rings is 1. The molecular weight excluding hydrogens is 354 g/mol. The average molecular weight is 386 g/mol. The van der Waals surface area contributed by atoms with E-state index in [0.717, 1.165) is 30.2 Å². The molecule has 0 amide bonds. The molecule has 1 aliphatic rings. The van der Waals surface area contributed by atoms with E-state index in [9.17, 15) is 0 Å². The zero-order valence-corrected chi connectivity index (χ0v) is 17.3. The number of hydrogen-bond donors (Lipinski definition) is 0. The molecule has 0 spiro atoms. The van der Waals surface area contributed by atoms with Gasteiger partial charge in [0, 0.05) is 19.1 Å². The molecule has 28 heavy (non-hydrogen) atoms. The molecule has 1 fully saturated rings. The van der Waals surface area contributed by atoms with Crippen molar-refractivity contribution in [3.63, 3.8) is 0 Å². The van der Waals surface area contributed by atoms with Crippen molar-refractivity contribution in [2.24, 2.45) is 0 Å². The van der Waals surface area contributed by atoms with Crippen molar-refractivity contribution in [1.29, 1.82) is 0 Å². The fourth-order valence-electron chi connectivity index (χ4n) is 3.48. The van der Waals surface area contributed by atoms with Crippen LogP contribution < -0.4 is 14.2 Å². The smallest absolute Gasteiger partial charge is 0.162 e. The number of rotatable bonds is 8. The molecule has 152 valence electrons. The molecule has 0 saturated carbocycles. The van der Waals surface area contributed by atoms with Gasteiger partial charge in [-0.25, -0.2) is 0 Å². The highest BCUT2D eigenvalue weighted by atomic mass is 16.6. The van der Waals surface area contributed by atoms with Crippen LogP contribution in [0.2, 0.25) is 0 Å². The van der Waals surface area contributed by atoms with E-state index in [-0.39, 0.29) is 12.2 Å². The molecule has 5 heteroatoms. The lowest BCUT2D eigenvalue weighted by atomic mass is 10.0. The minimum absolute atomic E-state index is 0.0704. The summed E-state index contributed by atoms with van der Waals surface area (Å²) in [6, 6.07) is 16.3. The Labute approximate surface area is 168 Å². The van der Waals surface area contributed by atoms with Gasteiger partial charge in [-0.15, -0.1) is 0 Å². The first-order chi connectivity index (χ1) is 13.6. The lowest BCUT2D eigenvalue weighted by Crippen LogP contribution is -2.48. The minimum atomic E-state index is -0.242. The van der Waals surface area contributed by atoms with Crippen molar-refractivity contribution < 1.29 is 18.9 Å². The second-order valence-electron chi connectivity index (χ2n) is 7.19. The topological polar surface area (TPSA) is 40.2 Å². The average Bonchev–Trinajstić information content (AvgIpc) is 2.73. The maximum absolute atomic E-state index is 6.47. The highest BCUT2D eigenvalue weighted by Crippen LogP contribution is 2.34. The van der Waals surface area contributed by atoms with E-state index in [0.29, 0.717) is 25.0 Å². The first-order valence-electron chi connectivity index (χ1n) is 10.0. The van der Waals surface area contributed by atoms with Crippen LogP contribution in [0.4, 0.5) is 0 Å². The number of methoxy groups -OCH3 is 1. The van der Waals surface area contributed by atoms with Gasteiger partial charge in [0.1, 0.15) is 11.9 Å². The summed E-state index contributed by atoms with van der Waals surface area (Å²) in [5.41, 5.74) is 1.06. The lowest BCUT2D eigenvalue weighted by molar-refractivity contribution is -0.0888. The van der Waals surface area contributed by atoms with Gasteiger partial charge in [-0.3, -0.25) is 4.90 Å². The van der Waals surface area contributed by atoms with Crippen molar-refractivity contribution >= 4 is 0 Å². The van der Waals surface area contributed by atoms with Gasteiger partial charge < -0.3 is 18.9 Å². The van der Waals surface area contributed by atoms with Gasteiger partial charge in [0.25, 0.3) is 0 Å². The normalized spacial score (nSPS) is 18.7. The Morgan fingerprint density at radius 2 is 1.79 bits per heavy atom. The number of ether oxygens (including phenoxy) is 4. The SMILES string of the molecule is CCOc1ccc(C(Oc2ccccc2OC)C2CN(C(C)C)CCO2)cc1. The molecule has 5 nitrogen and oxygen atoms in total. The summed E-state index contributed by atoms with van der Waals surface area (Å²) in [5.74, 6) is 2.29. The number of nitrogens with zero attached hydrogens (tertiary/aromatic N) is 1. The fourth-order valence-corrected chi connectivity index (χ4v) is 3.48. The molecule has 2 aromatic carbocycles. The van der Waals surface area contributed by atoms with Gasteiger partial charge in [0.05, 0.1) is 20.3 Å². The summed E-state index contributed by atoms with van der Waals surface area (Å²) >= 11 is 0. The van der Waals surface area contributed by atoms with Crippen LogP contribution in [0, 0.1) is 0 Å². The van der Waals surface area contributed by atoms with Crippen LogP contribution in [-0.2, 0) is 4.74 Å². The molecule has 2 atom stereocenters. The van der Waals surface area contributed by atoms with Crippen molar-refractivity contribution in [3.05, 3.63) is 54.1 Å². The molecule has 2 aromatic rings. The van der Waals surface area contributed by atoms with Crippen LogP contribution in [0.3, 0.4) is 0 Å². The largest absolute Gasteiger partial charge is 0.494 e. The highest BCUT2D eigenvalue weighted by molar-refractivity contribution is 5.40. The molecular formula is C23H31NO4. The van der Waals surface area contributed by atoms with E-state index in [1.165, 1.54) is 0 Å². The predicted molar refractivity (Wildman–Crippen MR) is 110 cm³/mol. The Bertz CT molecular complexity index is 732. The Morgan fingerprint density at radius 1 is 1.07 bits per heavy atom. The Hall–Kier alpha value is -2.24. The third kappa shape index (κ3) is 4.97. The van der Waals surface area contributed by atoms with Crippen molar-refractivity contribution in [2.75, 3.05) is 33.4 Å². The lowest BCUT2D eigenvalue weighted by Gasteiger charge is -2.39. The molecule has 3 rings (SSSR count). The van der Waals surface area contributed by atoms with Crippen molar-refractivity contribution in [1.82, 2.24) is 4.90 Å². The van der Waals surface area contributed by atoms with Crippen molar-refractivity contribution in [2.45, 2.75) is 39.0 Å².